The van der Waals surface area contributed by atoms with Crippen LogP contribution in [0.1, 0.15) is 18.9 Å². The molecule has 1 heterocycles. The second-order valence-corrected chi connectivity index (χ2v) is 8.28. The van der Waals surface area contributed by atoms with Crippen molar-refractivity contribution >= 4 is 39.5 Å². The summed E-state index contributed by atoms with van der Waals surface area (Å²) in [7, 11) is 1.62. The minimum absolute atomic E-state index is 0.165. The summed E-state index contributed by atoms with van der Waals surface area (Å²) >= 11 is 9.29. The fourth-order valence-corrected chi connectivity index (χ4v) is 3.94. The Bertz CT molecular complexity index is 906. The fraction of sp³-hybridized carbons (Fsp3) is 0.333. The monoisotopic (exact) mass is 480 g/mol. The molecule has 2 aromatic rings. The second kappa shape index (κ2) is 9.05. The Morgan fingerprint density at radius 2 is 1.90 bits per heavy atom. The molecule has 1 fully saturated rings. The Morgan fingerprint density at radius 1 is 1.17 bits per heavy atom. The number of carbonyl (C=O) groups excluding carboxylic acids is 2. The molecule has 0 bridgehead atoms. The molecule has 3 rings (SSSR count). The standard InChI is InChI=1S/C21H22BrClN2O4/c1-21(10-9-14-3-6-16(28-2)7-4-14)19(26)25(20(27)24-21)11-12-29-18-8-5-15(23)13-17(18)22/h3-8,13H,9-12H2,1-2H3,(H,24,27)/t21-/m0/s1. The molecule has 1 aliphatic heterocycles. The molecule has 1 N–H and O–H groups in total. The molecule has 6 nitrogen and oxygen atoms in total. The van der Waals surface area contributed by atoms with Gasteiger partial charge in [0.2, 0.25) is 0 Å². The van der Waals surface area contributed by atoms with Crippen molar-refractivity contribution in [1.29, 1.82) is 0 Å². The number of methoxy groups -OCH3 is 1. The van der Waals surface area contributed by atoms with Crippen LogP contribution in [0.5, 0.6) is 11.5 Å². The van der Waals surface area contributed by atoms with E-state index in [1.807, 2.05) is 24.3 Å². The first-order valence-corrected chi connectivity index (χ1v) is 10.3. The van der Waals surface area contributed by atoms with Crippen LogP contribution in [0.25, 0.3) is 0 Å². The van der Waals surface area contributed by atoms with Crippen molar-refractivity contribution in [1.82, 2.24) is 10.2 Å². The maximum absolute atomic E-state index is 12.9. The number of ether oxygens (including phenoxy) is 2. The predicted octanol–water partition coefficient (Wildman–Crippen LogP) is 4.43. The molecule has 0 saturated carbocycles. The zero-order valence-electron chi connectivity index (χ0n) is 16.2. The molecule has 8 heteroatoms. The molecule has 0 spiro atoms. The van der Waals surface area contributed by atoms with Crippen molar-refractivity contribution < 1.29 is 19.1 Å². The summed E-state index contributed by atoms with van der Waals surface area (Å²) in [5, 5.41) is 3.41. The van der Waals surface area contributed by atoms with E-state index in [2.05, 4.69) is 21.2 Å². The van der Waals surface area contributed by atoms with Crippen molar-refractivity contribution in [3.8, 4) is 11.5 Å². The third-order valence-corrected chi connectivity index (χ3v) is 5.74. The zero-order chi connectivity index (χ0) is 21.0. The lowest BCUT2D eigenvalue weighted by atomic mass is 9.93. The summed E-state index contributed by atoms with van der Waals surface area (Å²) < 4.78 is 11.5. The van der Waals surface area contributed by atoms with E-state index in [1.54, 1.807) is 32.2 Å². The highest BCUT2D eigenvalue weighted by Gasteiger charge is 2.47. The normalized spacial score (nSPS) is 18.7. The van der Waals surface area contributed by atoms with Gasteiger partial charge in [0, 0.05) is 5.02 Å². The average Bonchev–Trinajstić information content (AvgIpc) is 2.91. The second-order valence-electron chi connectivity index (χ2n) is 6.99. The van der Waals surface area contributed by atoms with Gasteiger partial charge in [-0.2, -0.15) is 0 Å². The largest absolute Gasteiger partial charge is 0.497 e. The van der Waals surface area contributed by atoms with Crippen molar-refractivity contribution in [2.75, 3.05) is 20.3 Å². The first-order chi connectivity index (χ1) is 13.8. The minimum Gasteiger partial charge on any atom is -0.497 e. The van der Waals surface area contributed by atoms with E-state index in [0.29, 0.717) is 28.1 Å². The summed E-state index contributed by atoms with van der Waals surface area (Å²) in [4.78, 5) is 26.4. The highest BCUT2D eigenvalue weighted by atomic mass is 79.9. The number of benzene rings is 2. The number of nitrogens with zero attached hydrogens (tertiary/aromatic N) is 1. The Morgan fingerprint density at radius 3 is 2.55 bits per heavy atom. The van der Waals surface area contributed by atoms with E-state index < -0.39 is 11.6 Å². The molecule has 2 aromatic carbocycles. The SMILES string of the molecule is COc1ccc(CC[C@]2(C)NC(=O)N(CCOc3ccc(Cl)cc3Br)C2=O)cc1. The Balaban J connectivity index is 1.56. The first kappa shape index (κ1) is 21.5. The molecule has 0 aliphatic carbocycles. The number of carbonyl (C=O) groups is 2. The first-order valence-electron chi connectivity index (χ1n) is 9.17. The van der Waals surface area contributed by atoms with Gasteiger partial charge in [-0.05, 0) is 71.6 Å². The Labute approximate surface area is 183 Å². The van der Waals surface area contributed by atoms with Crippen LogP contribution >= 0.6 is 27.5 Å². The van der Waals surface area contributed by atoms with Crippen LogP contribution in [0.15, 0.2) is 46.9 Å². The third kappa shape index (κ3) is 5.03. The van der Waals surface area contributed by atoms with E-state index in [0.717, 1.165) is 11.3 Å². The predicted molar refractivity (Wildman–Crippen MR) is 115 cm³/mol. The van der Waals surface area contributed by atoms with Gasteiger partial charge in [-0.25, -0.2) is 4.79 Å². The maximum atomic E-state index is 12.9. The lowest BCUT2D eigenvalue weighted by molar-refractivity contribution is -0.131. The van der Waals surface area contributed by atoms with E-state index in [4.69, 9.17) is 21.1 Å². The van der Waals surface area contributed by atoms with Crippen molar-refractivity contribution in [2.24, 2.45) is 0 Å². The number of hydrogen-bond donors (Lipinski definition) is 1. The number of urea groups is 1. The molecule has 1 aliphatic rings. The molecule has 154 valence electrons. The van der Waals surface area contributed by atoms with E-state index in [1.165, 1.54) is 4.90 Å². The Kier molecular flexibility index (Phi) is 6.70. The highest BCUT2D eigenvalue weighted by molar-refractivity contribution is 9.10. The van der Waals surface area contributed by atoms with Gasteiger partial charge < -0.3 is 14.8 Å². The number of amides is 3. The van der Waals surface area contributed by atoms with Crippen LogP contribution in [0.4, 0.5) is 4.79 Å². The topological polar surface area (TPSA) is 67.9 Å². The number of aryl methyl sites for hydroxylation is 1. The summed E-state index contributed by atoms with van der Waals surface area (Å²) in [6.07, 6.45) is 1.17. The average molecular weight is 482 g/mol. The lowest BCUT2D eigenvalue weighted by Crippen LogP contribution is -2.44. The van der Waals surface area contributed by atoms with Crippen molar-refractivity contribution in [3.63, 3.8) is 0 Å². The third-order valence-electron chi connectivity index (χ3n) is 4.88. The van der Waals surface area contributed by atoms with Crippen LogP contribution in [-0.2, 0) is 11.2 Å². The molecular formula is C21H22BrClN2O4. The molecular weight excluding hydrogens is 460 g/mol. The van der Waals surface area contributed by atoms with Crippen LogP contribution < -0.4 is 14.8 Å². The molecule has 0 aromatic heterocycles. The van der Waals surface area contributed by atoms with Gasteiger partial charge in [0.1, 0.15) is 23.6 Å². The van der Waals surface area contributed by atoms with Crippen LogP contribution in [0.3, 0.4) is 0 Å². The maximum Gasteiger partial charge on any atom is 0.325 e. The highest BCUT2D eigenvalue weighted by Crippen LogP contribution is 2.28. The number of imide groups is 1. The van der Waals surface area contributed by atoms with Gasteiger partial charge in [-0.15, -0.1) is 0 Å². The number of rotatable bonds is 8. The van der Waals surface area contributed by atoms with E-state index >= 15 is 0 Å². The smallest absolute Gasteiger partial charge is 0.325 e. The van der Waals surface area contributed by atoms with Gasteiger partial charge in [-0.3, -0.25) is 9.69 Å². The minimum atomic E-state index is -0.933. The van der Waals surface area contributed by atoms with Crippen LogP contribution in [0, 0.1) is 0 Å². The molecule has 3 amide bonds. The van der Waals surface area contributed by atoms with Crippen LogP contribution in [-0.4, -0.2) is 42.6 Å². The van der Waals surface area contributed by atoms with Crippen molar-refractivity contribution in [2.45, 2.75) is 25.3 Å². The molecule has 0 radical (unpaired) electrons. The van der Waals surface area contributed by atoms with Gasteiger partial charge in [0.15, 0.2) is 0 Å². The van der Waals surface area contributed by atoms with Gasteiger partial charge in [0.05, 0.1) is 18.1 Å². The number of nitrogens with one attached hydrogen (secondary N) is 1. The van der Waals surface area contributed by atoms with Gasteiger partial charge in [0.25, 0.3) is 5.91 Å². The van der Waals surface area contributed by atoms with E-state index in [9.17, 15) is 9.59 Å². The Hall–Kier alpha value is -2.25. The van der Waals surface area contributed by atoms with Crippen molar-refractivity contribution in [3.05, 3.63) is 57.5 Å². The quantitative estimate of drug-likeness (QED) is 0.566. The number of halogens is 2. The summed E-state index contributed by atoms with van der Waals surface area (Å²) in [6.45, 7) is 2.11. The molecule has 0 unspecified atom stereocenters. The lowest BCUT2D eigenvalue weighted by Gasteiger charge is -2.21. The summed E-state index contributed by atoms with van der Waals surface area (Å²) in [5.41, 5.74) is 0.140. The summed E-state index contributed by atoms with van der Waals surface area (Å²) in [6, 6.07) is 12.4. The molecule has 1 saturated heterocycles. The molecule has 29 heavy (non-hydrogen) atoms. The van der Waals surface area contributed by atoms with Crippen LogP contribution in [0.2, 0.25) is 5.02 Å². The van der Waals surface area contributed by atoms with Gasteiger partial charge in [-0.1, -0.05) is 23.7 Å². The van der Waals surface area contributed by atoms with Gasteiger partial charge >= 0.3 is 6.03 Å². The number of hydrogen-bond acceptors (Lipinski definition) is 4. The van der Waals surface area contributed by atoms with E-state index in [-0.39, 0.29) is 19.1 Å². The zero-order valence-corrected chi connectivity index (χ0v) is 18.5. The summed E-state index contributed by atoms with van der Waals surface area (Å²) in [5.74, 6) is 1.14. The fourth-order valence-electron chi connectivity index (χ4n) is 3.15. The molecule has 1 atom stereocenters.